The number of hydrogen-bond donors (Lipinski definition) is 2. The van der Waals surface area contributed by atoms with E-state index in [2.05, 4.69) is 5.32 Å². The Bertz CT molecular complexity index is 429. The quantitative estimate of drug-likeness (QED) is 0.749. The van der Waals surface area contributed by atoms with E-state index in [-0.39, 0.29) is 19.1 Å². The molecule has 0 heterocycles. The van der Waals surface area contributed by atoms with Crippen LogP contribution in [-0.2, 0) is 16.1 Å². The molecule has 1 aromatic rings. The van der Waals surface area contributed by atoms with E-state index in [0.29, 0.717) is 18.1 Å². The minimum atomic E-state index is -0.596. The fourth-order valence-corrected chi connectivity index (χ4v) is 2.01. The van der Waals surface area contributed by atoms with Gasteiger partial charge in [-0.25, -0.2) is 0 Å². The van der Waals surface area contributed by atoms with Crippen molar-refractivity contribution in [1.29, 1.82) is 0 Å². The molecular formula is C14H21ClN2O3. The number of nitrogens with zero attached hydrogens (tertiary/aromatic N) is 1. The number of aliphatic hydroxyl groups is 1. The van der Waals surface area contributed by atoms with Gasteiger partial charge < -0.3 is 15.2 Å². The summed E-state index contributed by atoms with van der Waals surface area (Å²) in [5, 5.41) is 13.0. The first-order chi connectivity index (χ1) is 9.52. The van der Waals surface area contributed by atoms with E-state index in [1.807, 2.05) is 18.2 Å². The van der Waals surface area contributed by atoms with Gasteiger partial charge in [0, 0.05) is 25.2 Å². The lowest BCUT2D eigenvalue weighted by Crippen LogP contribution is -2.39. The average molecular weight is 301 g/mol. The molecule has 0 fully saturated rings. The number of nitrogens with one attached hydrogen (secondary N) is 1. The zero-order chi connectivity index (χ0) is 15.0. The molecule has 2 N–H and O–H groups in total. The van der Waals surface area contributed by atoms with Gasteiger partial charge in [0.15, 0.2) is 0 Å². The van der Waals surface area contributed by atoms with Gasteiger partial charge in [-0.3, -0.25) is 9.69 Å². The highest BCUT2D eigenvalue weighted by Crippen LogP contribution is 2.14. The molecule has 6 heteroatoms. The minimum absolute atomic E-state index is 0.114. The molecule has 112 valence electrons. The maximum absolute atomic E-state index is 11.8. The number of benzene rings is 1. The summed E-state index contributed by atoms with van der Waals surface area (Å²) in [6.45, 7) is 1.25. The highest BCUT2D eigenvalue weighted by atomic mass is 35.5. The summed E-state index contributed by atoms with van der Waals surface area (Å²) in [7, 11) is 3.30. The summed E-state index contributed by atoms with van der Waals surface area (Å²) in [5.74, 6) is -0.114. The van der Waals surface area contributed by atoms with E-state index in [1.165, 1.54) is 7.11 Å². The van der Waals surface area contributed by atoms with Gasteiger partial charge in [0.1, 0.15) is 0 Å². The van der Waals surface area contributed by atoms with E-state index in [1.54, 1.807) is 18.0 Å². The molecule has 1 amide bonds. The Morgan fingerprint density at radius 1 is 1.50 bits per heavy atom. The summed E-state index contributed by atoms with van der Waals surface area (Å²) in [4.78, 5) is 13.5. The maximum atomic E-state index is 11.8. The molecule has 0 aliphatic heterocycles. The van der Waals surface area contributed by atoms with E-state index < -0.39 is 6.10 Å². The maximum Gasteiger partial charge on any atom is 0.234 e. The molecular weight excluding hydrogens is 280 g/mol. The van der Waals surface area contributed by atoms with Crippen LogP contribution in [0.15, 0.2) is 24.3 Å². The number of methoxy groups -OCH3 is 1. The van der Waals surface area contributed by atoms with Gasteiger partial charge in [0.05, 0.1) is 19.3 Å². The molecule has 0 saturated carbocycles. The predicted octanol–water partition coefficient (Wildman–Crippen LogP) is 0.895. The molecule has 0 spiro atoms. The van der Waals surface area contributed by atoms with Crippen LogP contribution < -0.4 is 5.32 Å². The van der Waals surface area contributed by atoms with Gasteiger partial charge in [0.25, 0.3) is 0 Å². The molecule has 1 aromatic carbocycles. The topological polar surface area (TPSA) is 61.8 Å². The summed E-state index contributed by atoms with van der Waals surface area (Å²) >= 11 is 6.01. The SMILES string of the molecule is COCC(O)CN(C)CC(=O)NCc1ccccc1Cl. The minimum Gasteiger partial charge on any atom is -0.389 e. The molecule has 1 unspecified atom stereocenters. The van der Waals surface area contributed by atoms with Crippen LogP contribution in [0, 0.1) is 0 Å². The molecule has 0 saturated heterocycles. The second-order valence-electron chi connectivity index (χ2n) is 4.67. The van der Waals surface area contributed by atoms with Gasteiger partial charge in [-0.15, -0.1) is 0 Å². The highest BCUT2D eigenvalue weighted by molar-refractivity contribution is 6.31. The molecule has 0 aliphatic carbocycles. The predicted molar refractivity (Wildman–Crippen MR) is 78.7 cm³/mol. The molecule has 0 radical (unpaired) electrons. The Hall–Kier alpha value is -1.14. The molecule has 1 atom stereocenters. The Morgan fingerprint density at radius 2 is 2.20 bits per heavy atom. The lowest BCUT2D eigenvalue weighted by Gasteiger charge is -2.19. The standard InChI is InChI=1S/C14H21ClN2O3/c1-17(8-12(18)10-20-2)9-14(19)16-7-11-5-3-4-6-13(11)15/h3-6,12,18H,7-10H2,1-2H3,(H,16,19). The fraction of sp³-hybridized carbons (Fsp3) is 0.500. The van der Waals surface area contributed by atoms with E-state index >= 15 is 0 Å². The summed E-state index contributed by atoms with van der Waals surface area (Å²) < 4.78 is 4.84. The number of amides is 1. The van der Waals surface area contributed by atoms with Gasteiger partial charge in [-0.05, 0) is 18.7 Å². The largest absolute Gasteiger partial charge is 0.389 e. The van der Waals surface area contributed by atoms with E-state index in [9.17, 15) is 9.90 Å². The normalized spacial score (nSPS) is 12.4. The molecule has 5 nitrogen and oxygen atoms in total. The number of hydrogen-bond acceptors (Lipinski definition) is 4. The van der Waals surface area contributed by atoms with Crippen LogP contribution in [-0.4, -0.2) is 55.9 Å². The average Bonchev–Trinajstić information content (AvgIpc) is 2.37. The van der Waals surface area contributed by atoms with Gasteiger partial charge in [0.2, 0.25) is 5.91 Å². The first-order valence-electron chi connectivity index (χ1n) is 6.38. The third-order valence-electron chi connectivity index (χ3n) is 2.73. The Balaban J connectivity index is 2.31. The Labute approximate surface area is 124 Å². The molecule has 1 rings (SSSR count). The van der Waals surface area contributed by atoms with Crippen LogP contribution in [0.4, 0.5) is 0 Å². The van der Waals surface area contributed by atoms with Crippen molar-refractivity contribution < 1.29 is 14.6 Å². The Kier molecular flexibility index (Phi) is 7.54. The van der Waals surface area contributed by atoms with Gasteiger partial charge in [-0.2, -0.15) is 0 Å². The summed E-state index contributed by atoms with van der Waals surface area (Å²) in [6, 6.07) is 7.38. The van der Waals surface area contributed by atoms with E-state index in [0.717, 1.165) is 5.56 Å². The van der Waals surface area contributed by atoms with Crippen molar-refractivity contribution in [3.8, 4) is 0 Å². The van der Waals surface area contributed by atoms with Gasteiger partial charge >= 0.3 is 0 Å². The molecule has 0 aliphatic rings. The molecule has 20 heavy (non-hydrogen) atoms. The number of rotatable bonds is 8. The third-order valence-corrected chi connectivity index (χ3v) is 3.10. The van der Waals surface area contributed by atoms with Crippen molar-refractivity contribution in [1.82, 2.24) is 10.2 Å². The van der Waals surface area contributed by atoms with Crippen molar-refractivity contribution >= 4 is 17.5 Å². The second-order valence-corrected chi connectivity index (χ2v) is 5.08. The smallest absolute Gasteiger partial charge is 0.234 e. The van der Waals surface area contributed by atoms with Crippen molar-refractivity contribution in [2.24, 2.45) is 0 Å². The zero-order valence-electron chi connectivity index (χ0n) is 11.8. The van der Waals surface area contributed by atoms with E-state index in [4.69, 9.17) is 16.3 Å². The lowest BCUT2D eigenvalue weighted by atomic mass is 10.2. The zero-order valence-corrected chi connectivity index (χ0v) is 12.6. The summed E-state index contributed by atoms with van der Waals surface area (Å²) in [5.41, 5.74) is 0.879. The third kappa shape index (κ3) is 6.34. The van der Waals surface area contributed by atoms with Gasteiger partial charge in [-0.1, -0.05) is 29.8 Å². The Morgan fingerprint density at radius 3 is 2.85 bits per heavy atom. The van der Waals surface area contributed by atoms with Crippen molar-refractivity contribution in [3.05, 3.63) is 34.9 Å². The van der Waals surface area contributed by atoms with Crippen LogP contribution in [0.3, 0.4) is 0 Å². The van der Waals surface area contributed by atoms with Crippen LogP contribution in [0.1, 0.15) is 5.56 Å². The van der Waals surface area contributed by atoms with Crippen LogP contribution in [0.25, 0.3) is 0 Å². The van der Waals surface area contributed by atoms with Crippen molar-refractivity contribution in [2.75, 3.05) is 33.9 Å². The summed E-state index contributed by atoms with van der Waals surface area (Å²) in [6.07, 6.45) is -0.596. The second kappa shape index (κ2) is 8.92. The van der Waals surface area contributed by atoms with Crippen LogP contribution in [0.5, 0.6) is 0 Å². The van der Waals surface area contributed by atoms with Crippen LogP contribution in [0.2, 0.25) is 5.02 Å². The number of carbonyl (C=O) groups is 1. The van der Waals surface area contributed by atoms with Crippen LogP contribution >= 0.6 is 11.6 Å². The number of likely N-dealkylation sites (N-methyl/N-ethyl adjacent to an activating group) is 1. The lowest BCUT2D eigenvalue weighted by molar-refractivity contribution is -0.122. The number of aliphatic hydroxyl groups excluding tert-OH is 1. The monoisotopic (exact) mass is 300 g/mol. The fourth-order valence-electron chi connectivity index (χ4n) is 1.81. The first kappa shape index (κ1) is 16.9. The van der Waals surface area contributed by atoms with Crippen molar-refractivity contribution in [2.45, 2.75) is 12.6 Å². The highest BCUT2D eigenvalue weighted by Gasteiger charge is 2.11. The number of ether oxygens (including phenoxy) is 1. The molecule has 0 bridgehead atoms. The molecule has 0 aromatic heterocycles. The first-order valence-corrected chi connectivity index (χ1v) is 6.76. The number of carbonyl (C=O) groups excluding carboxylic acids is 1. The number of halogens is 1. The van der Waals surface area contributed by atoms with Crippen molar-refractivity contribution in [3.63, 3.8) is 0 Å².